The molecule has 1 aromatic heterocycles. The van der Waals surface area contributed by atoms with Crippen LogP contribution in [-0.2, 0) is 0 Å². The topological polar surface area (TPSA) is 36.5 Å². The number of hydrogen-bond donors (Lipinski definition) is 2. The van der Waals surface area contributed by atoms with Crippen LogP contribution in [0.3, 0.4) is 0 Å². The third kappa shape index (κ3) is 5.17. The largest absolute Gasteiger partial charge is 0.494 e. The van der Waals surface area contributed by atoms with E-state index >= 15 is 0 Å². The van der Waals surface area contributed by atoms with E-state index in [9.17, 15) is 0 Å². The predicted octanol–water partition coefficient (Wildman–Crippen LogP) is 4.27. The van der Waals surface area contributed by atoms with E-state index in [2.05, 4.69) is 33.0 Å². The van der Waals surface area contributed by atoms with Crippen LogP contribution in [0.5, 0.6) is 5.75 Å². The molecule has 1 aromatic carbocycles. The monoisotopic (exact) mass is 375 g/mol. The molecule has 0 aliphatic carbocycles. The summed E-state index contributed by atoms with van der Waals surface area (Å²) < 4.78 is 5.46. The standard InChI is InChI=1S/C19H25N3OS2/c1-2-23-16-9-7-15(8-10-16)21-19(24)20-14-17(18-6-5-13-25-18)22-11-3-4-12-22/h5-10,13,17H,2-4,11-12,14H2,1H3,(H2,20,21,24)/t17-/m1/s1. The number of anilines is 1. The molecule has 4 nitrogen and oxygen atoms in total. The van der Waals surface area contributed by atoms with Crippen molar-refractivity contribution in [1.82, 2.24) is 10.2 Å². The van der Waals surface area contributed by atoms with Gasteiger partial charge in [0.1, 0.15) is 5.75 Å². The molecule has 1 fully saturated rings. The van der Waals surface area contributed by atoms with E-state index in [0.29, 0.717) is 17.8 Å². The van der Waals surface area contributed by atoms with Gasteiger partial charge in [0, 0.05) is 17.1 Å². The zero-order valence-corrected chi connectivity index (χ0v) is 16.2. The van der Waals surface area contributed by atoms with E-state index in [-0.39, 0.29) is 0 Å². The highest BCUT2D eigenvalue weighted by atomic mass is 32.1. The molecule has 1 aliphatic rings. The first kappa shape index (κ1) is 18.2. The van der Waals surface area contributed by atoms with E-state index in [0.717, 1.165) is 18.0 Å². The van der Waals surface area contributed by atoms with Crippen molar-refractivity contribution >= 4 is 34.4 Å². The number of thiophene rings is 1. The van der Waals surface area contributed by atoms with Crippen molar-refractivity contribution in [3.05, 3.63) is 46.7 Å². The van der Waals surface area contributed by atoms with Gasteiger partial charge in [0.2, 0.25) is 0 Å². The van der Waals surface area contributed by atoms with Gasteiger partial charge in [-0.3, -0.25) is 4.90 Å². The maximum absolute atomic E-state index is 5.47. The number of hydrogen-bond acceptors (Lipinski definition) is 4. The molecule has 0 amide bonds. The van der Waals surface area contributed by atoms with E-state index in [1.54, 1.807) is 0 Å². The third-order valence-corrected chi connectivity index (χ3v) is 5.55. The highest BCUT2D eigenvalue weighted by Gasteiger charge is 2.24. The highest BCUT2D eigenvalue weighted by Crippen LogP contribution is 2.27. The molecule has 0 unspecified atom stereocenters. The second-order valence-corrected chi connectivity index (χ2v) is 7.45. The fourth-order valence-electron chi connectivity index (χ4n) is 3.11. The Labute approximate surface area is 159 Å². The summed E-state index contributed by atoms with van der Waals surface area (Å²) in [6.45, 7) is 5.82. The molecule has 2 N–H and O–H groups in total. The minimum Gasteiger partial charge on any atom is -0.494 e. The van der Waals surface area contributed by atoms with Gasteiger partial charge in [0.15, 0.2) is 5.11 Å². The molecule has 25 heavy (non-hydrogen) atoms. The van der Waals surface area contributed by atoms with Gasteiger partial charge in [0.25, 0.3) is 0 Å². The lowest BCUT2D eigenvalue weighted by atomic mass is 10.2. The van der Waals surface area contributed by atoms with Crippen LogP contribution in [-0.4, -0.2) is 36.3 Å². The lowest BCUT2D eigenvalue weighted by molar-refractivity contribution is 0.249. The first-order valence-corrected chi connectivity index (χ1v) is 10.1. The van der Waals surface area contributed by atoms with Crippen molar-refractivity contribution in [2.24, 2.45) is 0 Å². The Balaban J connectivity index is 1.54. The first-order chi connectivity index (χ1) is 12.3. The minimum atomic E-state index is 0.391. The van der Waals surface area contributed by atoms with Crippen molar-refractivity contribution < 1.29 is 4.74 Å². The number of rotatable bonds is 7. The maximum atomic E-state index is 5.47. The molecule has 0 saturated carbocycles. The van der Waals surface area contributed by atoms with Gasteiger partial charge in [-0.2, -0.15) is 0 Å². The second kappa shape index (κ2) is 9.17. The summed E-state index contributed by atoms with van der Waals surface area (Å²) >= 11 is 7.29. The lowest BCUT2D eigenvalue weighted by Gasteiger charge is -2.27. The summed E-state index contributed by atoms with van der Waals surface area (Å²) in [5, 5.41) is 9.45. The van der Waals surface area contributed by atoms with E-state index in [1.165, 1.54) is 30.8 Å². The molecule has 0 radical (unpaired) electrons. The molecule has 2 heterocycles. The average molecular weight is 376 g/mol. The van der Waals surface area contributed by atoms with Gasteiger partial charge in [-0.15, -0.1) is 11.3 Å². The number of likely N-dealkylation sites (tertiary alicyclic amines) is 1. The zero-order valence-electron chi connectivity index (χ0n) is 14.5. The third-order valence-electron chi connectivity index (χ3n) is 4.33. The molecule has 1 aliphatic heterocycles. The second-order valence-electron chi connectivity index (χ2n) is 6.07. The van der Waals surface area contributed by atoms with Crippen LogP contribution in [0, 0.1) is 0 Å². The van der Waals surface area contributed by atoms with Crippen LogP contribution < -0.4 is 15.4 Å². The molecule has 134 valence electrons. The van der Waals surface area contributed by atoms with Crippen molar-refractivity contribution in [3.8, 4) is 5.75 Å². The van der Waals surface area contributed by atoms with Gasteiger partial charge < -0.3 is 15.4 Å². The van der Waals surface area contributed by atoms with Crippen molar-refractivity contribution in [2.75, 3.05) is 31.6 Å². The molecular weight excluding hydrogens is 350 g/mol. The van der Waals surface area contributed by atoms with E-state index in [4.69, 9.17) is 17.0 Å². The fourth-order valence-corrected chi connectivity index (χ4v) is 4.17. The van der Waals surface area contributed by atoms with Gasteiger partial charge in [-0.25, -0.2) is 0 Å². The van der Waals surface area contributed by atoms with Crippen LogP contribution in [0.1, 0.15) is 30.7 Å². The zero-order chi connectivity index (χ0) is 17.5. The predicted molar refractivity (Wildman–Crippen MR) is 110 cm³/mol. The Morgan fingerprint density at radius 2 is 2.00 bits per heavy atom. The summed E-state index contributed by atoms with van der Waals surface area (Å²) in [5.41, 5.74) is 0.967. The number of benzene rings is 1. The van der Waals surface area contributed by atoms with Crippen molar-refractivity contribution in [3.63, 3.8) is 0 Å². The van der Waals surface area contributed by atoms with Crippen molar-refractivity contribution in [1.29, 1.82) is 0 Å². The molecule has 0 bridgehead atoms. The Morgan fingerprint density at radius 3 is 2.64 bits per heavy atom. The van der Waals surface area contributed by atoms with Crippen LogP contribution in [0.2, 0.25) is 0 Å². The number of thiocarbonyl (C=S) groups is 1. The number of nitrogens with one attached hydrogen (secondary N) is 2. The smallest absolute Gasteiger partial charge is 0.170 e. The van der Waals surface area contributed by atoms with Gasteiger partial charge in [0.05, 0.1) is 12.6 Å². The highest BCUT2D eigenvalue weighted by molar-refractivity contribution is 7.80. The molecule has 6 heteroatoms. The summed E-state index contributed by atoms with van der Waals surface area (Å²) in [7, 11) is 0. The number of nitrogens with zero attached hydrogens (tertiary/aromatic N) is 1. The van der Waals surface area contributed by atoms with Crippen LogP contribution >= 0.6 is 23.6 Å². The quantitative estimate of drug-likeness (QED) is 0.707. The van der Waals surface area contributed by atoms with E-state index in [1.807, 2.05) is 42.5 Å². The number of ether oxygens (including phenoxy) is 1. The molecule has 2 aromatic rings. The SMILES string of the molecule is CCOc1ccc(NC(=S)NC[C@H](c2cccs2)N2CCCC2)cc1. The van der Waals surface area contributed by atoms with Crippen LogP contribution in [0.15, 0.2) is 41.8 Å². The summed E-state index contributed by atoms with van der Waals surface area (Å²) in [5.74, 6) is 0.874. The molecule has 1 atom stereocenters. The lowest BCUT2D eigenvalue weighted by Crippen LogP contribution is -2.38. The van der Waals surface area contributed by atoms with Crippen molar-refractivity contribution in [2.45, 2.75) is 25.8 Å². The summed E-state index contributed by atoms with van der Waals surface area (Å²) in [6, 6.07) is 12.6. The van der Waals surface area contributed by atoms with Crippen LogP contribution in [0.4, 0.5) is 5.69 Å². The first-order valence-electron chi connectivity index (χ1n) is 8.81. The summed E-state index contributed by atoms with van der Waals surface area (Å²) in [6.07, 6.45) is 2.58. The Hall–Kier alpha value is -1.63. The van der Waals surface area contributed by atoms with Crippen LogP contribution in [0.25, 0.3) is 0 Å². The Kier molecular flexibility index (Phi) is 6.67. The average Bonchev–Trinajstić information content (AvgIpc) is 3.31. The maximum Gasteiger partial charge on any atom is 0.170 e. The Bertz CT molecular complexity index is 652. The van der Waals surface area contributed by atoms with Gasteiger partial charge in [-0.05, 0) is 80.8 Å². The molecular formula is C19H25N3OS2. The minimum absolute atomic E-state index is 0.391. The van der Waals surface area contributed by atoms with E-state index < -0.39 is 0 Å². The Morgan fingerprint density at radius 1 is 1.24 bits per heavy atom. The molecule has 0 spiro atoms. The van der Waals surface area contributed by atoms with Gasteiger partial charge in [-0.1, -0.05) is 6.07 Å². The molecule has 3 rings (SSSR count). The van der Waals surface area contributed by atoms with Gasteiger partial charge >= 0.3 is 0 Å². The summed E-state index contributed by atoms with van der Waals surface area (Å²) in [4.78, 5) is 3.96. The normalized spacial score (nSPS) is 15.7. The fraction of sp³-hybridized carbons (Fsp3) is 0.421. The molecule has 1 saturated heterocycles.